The maximum absolute atomic E-state index is 10.8. The summed E-state index contributed by atoms with van der Waals surface area (Å²) >= 11 is 0. The van der Waals surface area contributed by atoms with Crippen LogP contribution in [0.15, 0.2) is 12.7 Å². The molecule has 1 N–H and O–H groups in total. The molecule has 1 unspecified atom stereocenters. The van der Waals surface area contributed by atoms with Gasteiger partial charge in [-0.2, -0.15) is 0 Å². The molecule has 0 aromatic carbocycles. The lowest BCUT2D eigenvalue weighted by Crippen LogP contribution is -2.35. The second-order valence-electron chi connectivity index (χ2n) is 2.28. The molecule has 0 radical (unpaired) electrons. The van der Waals surface area contributed by atoms with Gasteiger partial charge in [-0.05, 0) is 12.8 Å². The van der Waals surface area contributed by atoms with Crippen LogP contribution in [0.4, 0.5) is 0 Å². The summed E-state index contributed by atoms with van der Waals surface area (Å²) < 4.78 is 0. The fourth-order valence-electron chi connectivity index (χ4n) is 1.02. The van der Waals surface area contributed by atoms with E-state index in [4.69, 9.17) is 0 Å². The van der Waals surface area contributed by atoms with Crippen molar-refractivity contribution in [2.45, 2.75) is 12.8 Å². The highest BCUT2D eigenvalue weighted by Gasteiger charge is 2.17. The minimum Gasteiger partial charge on any atom is -0.356 e. The van der Waals surface area contributed by atoms with Gasteiger partial charge in [-0.1, -0.05) is 6.08 Å². The minimum absolute atomic E-state index is 0.0683. The quantitative estimate of drug-likeness (QED) is 0.513. The highest BCUT2D eigenvalue weighted by Crippen LogP contribution is 2.10. The summed E-state index contributed by atoms with van der Waals surface area (Å²) in [6.07, 6.45) is 3.77. The predicted octanol–water partition coefficient (Wildman–Crippen LogP) is 0.699. The van der Waals surface area contributed by atoms with Gasteiger partial charge in [0.05, 0.1) is 5.92 Å². The molecule has 0 aliphatic carbocycles. The first-order valence-electron chi connectivity index (χ1n) is 3.25. The van der Waals surface area contributed by atoms with Gasteiger partial charge < -0.3 is 5.32 Å². The van der Waals surface area contributed by atoms with Crippen LogP contribution >= 0.6 is 0 Å². The molecular formula is C7H11NO. The lowest BCUT2D eigenvalue weighted by atomic mass is 9.99. The first-order valence-corrected chi connectivity index (χ1v) is 3.25. The van der Waals surface area contributed by atoms with Gasteiger partial charge in [-0.15, -0.1) is 6.58 Å². The average molecular weight is 125 g/mol. The molecule has 0 spiro atoms. The summed E-state index contributed by atoms with van der Waals surface area (Å²) in [7, 11) is 0. The molecule has 1 amide bonds. The van der Waals surface area contributed by atoms with Crippen LogP contribution in [-0.2, 0) is 4.79 Å². The molecule has 1 saturated heterocycles. The SMILES string of the molecule is C=CC1CCCNC1=O. The van der Waals surface area contributed by atoms with Crippen LogP contribution in [0.5, 0.6) is 0 Å². The van der Waals surface area contributed by atoms with Gasteiger partial charge in [0.1, 0.15) is 0 Å². The molecule has 0 aromatic rings. The van der Waals surface area contributed by atoms with E-state index in [2.05, 4.69) is 11.9 Å². The molecule has 1 atom stereocenters. The first-order chi connectivity index (χ1) is 4.34. The van der Waals surface area contributed by atoms with Crippen LogP contribution in [0.25, 0.3) is 0 Å². The molecule has 9 heavy (non-hydrogen) atoms. The maximum Gasteiger partial charge on any atom is 0.226 e. The standard InChI is InChI=1S/C7H11NO/c1-2-6-4-3-5-8-7(6)9/h2,6H,1,3-5H2,(H,8,9). The first kappa shape index (κ1) is 6.33. The molecule has 1 aliphatic heterocycles. The third kappa shape index (κ3) is 1.31. The summed E-state index contributed by atoms with van der Waals surface area (Å²) in [4.78, 5) is 10.8. The molecular weight excluding hydrogens is 114 g/mol. The van der Waals surface area contributed by atoms with E-state index in [9.17, 15) is 4.79 Å². The third-order valence-electron chi connectivity index (χ3n) is 1.61. The lowest BCUT2D eigenvalue weighted by molar-refractivity contribution is -0.124. The highest BCUT2D eigenvalue weighted by atomic mass is 16.1. The zero-order valence-corrected chi connectivity index (χ0v) is 5.39. The Morgan fingerprint density at radius 1 is 1.78 bits per heavy atom. The van der Waals surface area contributed by atoms with Crippen molar-refractivity contribution in [3.05, 3.63) is 12.7 Å². The van der Waals surface area contributed by atoms with Gasteiger partial charge in [0.25, 0.3) is 0 Å². The molecule has 1 heterocycles. The van der Waals surface area contributed by atoms with Crippen molar-refractivity contribution < 1.29 is 4.79 Å². The number of hydrogen-bond acceptors (Lipinski definition) is 1. The molecule has 0 saturated carbocycles. The van der Waals surface area contributed by atoms with Gasteiger partial charge in [0.2, 0.25) is 5.91 Å². The number of amides is 1. The Balaban J connectivity index is 2.48. The van der Waals surface area contributed by atoms with Crippen molar-refractivity contribution in [1.29, 1.82) is 0 Å². The Morgan fingerprint density at radius 2 is 2.56 bits per heavy atom. The summed E-state index contributed by atoms with van der Waals surface area (Å²) in [6.45, 7) is 4.41. The zero-order valence-electron chi connectivity index (χ0n) is 5.39. The number of carbonyl (C=O) groups excluding carboxylic acids is 1. The van der Waals surface area contributed by atoms with Crippen molar-refractivity contribution in [2.75, 3.05) is 6.54 Å². The normalized spacial score (nSPS) is 27.1. The number of nitrogens with one attached hydrogen (secondary N) is 1. The Labute approximate surface area is 54.9 Å². The van der Waals surface area contributed by atoms with E-state index in [0.29, 0.717) is 0 Å². The summed E-state index contributed by atoms with van der Waals surface area (Å²) in [5.41, 5.74) is 0. The van der Waals surface area contributed by atoms with Gasteiger partial charge in [0, 0.05) is 6.54 Å². The molecule has 2 heteroatoms. The van der Waals surface area contributed by atoms with Gasteiger partial charge in [0.15, 0.2) is 0 Å². The minimum atomic E-state index is 0.0683. The second kappa shape index (κ2) is 2.67. The third-order valence-corrected chi connectivity index (χ3v) is 1.61. The van der Waals surface area contributed by atoms with E-state index in [1.165, 1.54) is 0 Å². The van der Waals surface area contributed by atoms with Crippen LogP contribution in [0.3, 0.4) is 0 Å². The summed E-state index contributed by atoms with van der Waals surface area (Å²) in [6, 6.07) is 0. The highest BCUT2D eigenvalue weighted by molar-refractivity contribution is 5.80. The van der Waals surface area contributed by atoms with Crippen LogP contribution < -0.4 is 5.32 Å². The molecule has 50 valence electrons. The van der Waals surface area contributed by atoms with E-state index < -0.39 is 0 Å². The van der Waals surface area contributed by atoms with Crippen molar-refractivity contribution in [3.63, 3.8) is 0 Å². The second-order valence-corrected chi connectivity index (χ2v) is 2.28. The number of carbonyl (C=O) groups is 1. The molecule has 1 fully saturated rings. The Morgan fingerprint density at radius 3 is 3.00 bits per heavy atom. The topological polar surface area (TPSA) is 29.1 Å². The summed E-state index contributed by atoms with van der Waals surface area (Å²) in [5, 5.41) is 2.77. The van der Waals surface area contributed by atoms with Gasteiger partial charge in [-0.3, -0.25) is 4.79 Å². The van der Waals surface area contributed by atoms with Gasteiger partial charge in [-0.25, -0.2) is 0 Å². The van der Waals surface area contributed by atoms with E-state index in [-0.39, 0.29) is 11.8 Å². The van der Waals surface area contributed by atoms with E-state index in [1.807, 2.05) is 0 Å². The van der Waals surface area contributed by atoms with Crippen LogP contribution in [0.2, 0.25) is 0 Å². The largest absolute Gasteiger partial charge is 0.356 e. The predicted molar refractivity (Wildman–Crippen MR) is 35.9 cm³/mol. The Bertz CT molecular complexity index is 131. The number of rotatable bonds is 1. The van der Waals surface area contributed by atoms with Gasteiger partial charge >= 0.3 is 0 Å². The summed E-state index contributed by atoms with van der Waals surface area (Å²) in [5.74, 6) is 0.204. The van der Waals surface area contributed by atoms with Crippen molar-refractivity contribution in [1.82, 2.24) is 5.32 Å². The number of hydrogen-bond donors (Lipinski definition) is 1. The van der Waals surface area contributed by atoms with Crippen LogP contribution in [0, 0.1) is 5.92 Å². The fraction of sp³-hybridized carbons (Fsp3) is 0.571. The molecule has 0 bridgehead atoms. The zero-order chi connectivity index (χ0) is 6.69. The van der Waals surface area contributed by atoms with E-state index in [1.54, 1.807) is 6.08 Å². The smallest absolute Gasteiger partial charge is 0.226 e. The monoisotopic (exact) mass is 125 g/mol. The molecule has 0 aromatic heterocycles. The van der Waals surface area contributed by atoms with Crippen LogP contribution in [-0.4, -0.2) is 12.5 Å². The molecule has 1 rings (SSSR count). The Kier molecular flexibility index (Phi) is 1.88. The fourth-order valence-corrected chi connectivity index (χ4v) is 1.02. The molecule has 1 aliphatic rings. The van der Waals surface area contributed by atoms with E-state index in [0.717, 1.165) is 19.4 Å². The van der Waals surface area contributed by atoms with E-state index >= 15 is 0 Å². The van der Waals surface area contributed by atoms with Crippen molar-refractivity contribution in [3.8, 4) is 0 Å². The maximum atomic E-state index is 10.8. The lowest BCUT2D eigenvalue weighted by Gasteiger charge is -2.17. The van der Waals surface area contributed by atoms with Crippen molar-refractivity contribution >= 4 is 5.91 Å². The van der Waals surface area contributed by atoms with Crippen LogP contribution in [0.1, 0.15) is 12.8 Å². The number of piperidine rings is 1. The average Bonchev–Trinajstić information content (AvgIpc) is 1.89. The Hall–Kier alpha value is -0.790. The molecule has 2 nitrogen and oxygen atoms in total. The van der Waals surface area contributed by atoms with Crippen molar-refractivity contribution in [2.24, 2.45) is 5.92 Å².